The lowest BCUT2D eigenvalue weighted by molar-refractivity contribution is 0.478. The number of phenols is 2. The maximum absolute atomic E-state index is 10.7. The van der Waals surface area contributed by atoms with E-state index in [-0.39, 0.29) is 11.5 Å². The Kier molecular flexibility index (Phi) is 2.59. The fraction of sp³-hybridized carbons (Fsp3) is 0. The molecule has 4 rings (SSSR count). The van der Waals surface area contributed by atoms with Gasteiger partial charge in [-0.25, -0.2) is 0 Å². The van der Waals surface area contributed by atoms with Crippen LogP contribution in [0.3, 0.4) is 0 Å². The molecule has 2 nitrogen and oxygen atoms in total. The van der Waals surface area contributed by atoms with Crippen LogP contribution >= 0.6 is 15.9 Å². The van der Waals surface area contributed by atoms with Crippen molar-refractivity contribution in [3.63, 3.8) is 0 Å². The lowest BCUT2D eigenvalue weighted by Crippen LogP contribution is -1.85. The number of aromatic hydroxyl groups is 2. The highest BCUT2D eigenvalue weighted by molar-refractivity contribution is 9.10. The molecule has 0 aromatic heterocycles. The summed E-state index contributed by atoms with van der Waals surface area (Å²) in [6.45, 7) is 0. The van der Waals surface area contributed by atoms with Crippen LogP contribution in [0.2, 0.25) is 0 Å². The fourth-order valence-electron chi connectivity index (χ4n) is 2.96. The summed E-state index contributed by atoms with van der Waals surface area (Å²) in [5.41, 5.74) is 0. The summed E-state index contributed by atoms with van der Waals surface area (Å²) < 4.78 is 0.773. The zero-order valence-corrected chi connectivity index (χ0v) is 12.6. The predicted molar refractivity (Wildman–Crippen MR) is 90.0 cm³/mol. The van der Waals surface area contributed by atoms with E-state index >= 15 is 0 Å². The molecule has 0 aliphatic rings. The molecule has 0 radical (unpaired) electrons. The molecule has 2 N–H and O–H groups in total. The Labute approximate surface area is 129 Å². The lowest BCUT2D eigenvalue weighted by atomic mass is 9.96. The molecule has 0 amide bonds. The van der Waals surface area contributed by atoms with Gasteiger partial charge in [-0.05, 0) is 32.8 Å². The van der Waals surface area contributed by atoms with Crippen molar-refractivity contribution < 1.29 is 10.2 Å². The average Bonchev–Trinajstić information content (AvgIpc) is 2.51. The summed E-state index contributed by atoms with van der Waals surface area (Å²) in [6, 6.07) is 17.1. The van der Waals surface area contributed by atoms with Gasteiger partial charge in [0.15, 0.2) is 0 Å². The van der Waals surface area contributed by atoms with Gasteiger partial charge >= 0.3 is 0 Å². The van der Waals surface area contributed by atoms with Gasteiger partial charge in [0, 0.05) is 26.0 Å². The third kappa shape index (κ3) is 1.64. The molecule has 102 valence electrons. The number of hydrogen-bond acceptors (Lipinski definition) is 2. The smallest absolute Gasteiger partial charge is 0.132 e. The molecule has 3 heteroatoms. The number of halogens is 1. The third-order valence-corrected chi connectivity index (χ3v) is 4.54. The standard InChI is InChI=1S/C18H11BrO2/c19-14-9-10-5-1-2-6-11(10)15-16(14)18(21)13-8-4-3-7-12(13)17(15)20/h1-9,20-21H. The highest BCUT2D eigenvalue weighted by atomic mass is 79.9. The molecule has 0 bridgehead atoms. The van der Waals surface area contributed by atoms with Crippen molar-refractivity contribution in [2.75, 3.05) is 0 Å². The van der Waals surface area contributed by atoms with E-state index in [0.717, 1.165) is 15.2 Å². The van der Waals surface area contributed by atoms with Crippen LogP contribution in [0.1, 0.15) is 0 Å². The van der Waals surface area contributed by atoms with E-state index in [1.165, 1.54) is 0 Å². The van der Waals surface area contributed by atoms with Gasteiger partial charge in [-0.2, -0.15) is 0 Å². The van der Waals surface area contributed by atoms with E-state index in [1.54, 1.807) is 0 Å². The van der Waals surface area contributed by atoms with Crippen LogP contribution in [0.25, 0.3) is 32.3 Å². The number of hydrogen-bond donors (Lipinski definition) is 2. The van der Waals surface area contributed by atoms with E-state index in [0.29, 0.717) is 21.5 Å². The molecule has 4 aromatic carbocycles. The molecule has 0 spiro atoms. The number of fused-ring (bicyclic) bond motifs is 4. The SMILES string of the molecule is Oc1c2ccccc2c(O)c2c1c(Br)cc1ccccc12. The van der Waals surface area contributed by atoms with Crippen LogP contribution in [-0.4, -0.2) is 10.2 Å². The summed E-state index contributed by atoms with van der Waals surface area (Å²) in [5.74, 6) is 0.395. The average molecular weight is 339 g/mol. The van der Waals surface area contributed by atoms with Crippen molar-refractivity contribution in [3.8, 4) is 11.5 Å². The Morgan fingerprint density at radius 3 is 1.86 bits per heavy atom. The van der Waals surface area contributed by atoms with Crippen LogP contribution in [0.5, 0.6) is 11.5 Å². The second-order valence-corrected chi connectivity index (χ2v) is 5.93. The second kappa shape index (κ2) is 4.37. The number of benzene rings is 4. The lowest BCUT2D eigenvalue weighted by Gasteiger charge is -2.13. The predicted octanol–water partition coefficient (Wildman–Crippen LogP) is 5.32. The van der Waals surface area contributed by atoms with Gasteiger partial charge in [-0.3, -0.25) is 0 Å². The van der Waals surface area contributed by atoms with E-state index in [1.807, 2.05) is 54.6 Å². The van der Waals surface area contributed by atoms with Gasteiger partial charge < -0.3 is 10.2 Å². The van der Waals surface area contributed by atoms with E-state index in [4.69, 9.17) is 0 Å². The first-order valence-corrected chi connectivity index (χ1v) is 7.41. The molecule has 0 aliphatic heterocycles. The molecule has 0 saturated carbocycles. The van der Waals surface area contributed by atoms with Crippen molar-refractivity contribution in [1.29, 1.82) is 0 Å². The quantitative estimate of drug-likeness (QED) is 0.259. The molecule has 0 fully saturated rings. The Balaban J connectivity index is 2.42. The molecule has 4 aromatic rings. The number of phenolic OH excluding ortho intramolecular Hbond substituents is 2. The summed E-state index contributed by atoms with van der Waals surface area (Å²) >= 11 is 3.52. The van der Waals surface area contributed by atoms with Crippen LogP contribution < -0.4 is 0 Å². The normalized spacial score (nSPS) is 11.5. The molecule has 0 unspecified atom stereocenters. The first kappa shape index (κ1) is 12.5. The number of rotatable bonds is 0. The first-order chi connectivity index (χ1) is 10.2. The third-order valence-electron chi connectivity index (χ3n) is 3.91. The van der Waals surface area contributed by atoms with E-state index in [9.17, 15) is 10.2 Å². The highest BCUT2D eigenvalue weighted by Crippen LogP contribution is 2.47. The molecule has 21 heavy (non-hydrogen) atoms. The van der Waals surface area contributed by atoms with Gasteiger partial charge in [0.1, 0.15) is 11.5 Å². The summed E-state index contributed by atoms with van der Waals surface area (Å²) in [6.07, 6.45) is 0. The largest absolute Gasteiger partial charge is 0.507 e. The van der Waals surface area contributed by atoms with Crippen molar-refractivity contribution in [3.05, 3.63) is 59.1 Å². The molecular weight excluding hydrogens is 328 g/mol. The Morgan fingerprint density at radius 2 is 1.19 bits per heavy atom. The molecule has 0 saturated heterocycles. The Hall–Kier alpha value is -2.26. The van der Waals surface area contributed by atoms with Gasteiger partial charge in [-0.15, -0.1) is 0 Å². The molecule has 0 heterocycles. The van der Waals surface area contributed by atoms with Gasteiger partial charge in [0.2, 0.25) is 0 Å². The maximum atomic E-state index is 10.7. The fourth-order valence-corrected chi connectivity index (χ4v) is 3.59. The summed E-state index contributed by atoms with van der Waals surface area (Å²) in [4.78, 5) is 0. The van der Waals surface area contributed by atoms with Crippen LogP contribution in [0, 0.1) is 0 Å². The molecular formula is C18H11BrO2. The minimum Gasteiger partial charge on any atom is -0.507 e. The van der Waals surface area contributed by atoms with E-state index in [2.05, 4.69) is 15.9 Å². The Morgan fingerprint density at radius 1 is 0.667 bits per heavy atom. The Bertz CT molecular complexity index is 1020. The van der Waals surface area contributed by atoms with Crippen LogP contribution in [-0.2, 0) is 0 Å². The van der Waals surface area contributed by atoms with Gasteiger partial charge in [0.25, 0.3) is 0 Å². The summed E-state index contributed by atoms with van der Waals surface area (Å²) in [7, 11) is 0. The second-order valence-electron chi connectivity index (χ2n) is 5.07. The summed E-state index contributed by atoms with van der Waals surface area (Å²) in [5, 5.41) is 25.9. The van der Waals surface area contributed by atoms with Crippen molar-refractivity contribution in [2.24, 2.45) is 0 Å². The van der Waals surface area contributed by atoms with Gasteiger partial charge in [0.05, 0.1) is 0 Å². The van der Waals surface area contributed by atoms with Crippen LogP contribution in [0.4, 0.5) is 0 Å². The topological polar surface area (TPSA) is 40.5 Å². The molecule has 0 atom stereocenters. The van der Waals surface area contributed by atoms with Crippen molar-refractivity contribution in [2.45, 2.75) is 0 Å². The maximum Gasteiger partial charge on any atom is 0.132 e. The van der Waals surface area contributed by atoms with E-state index < -0.39 is 0 Å². The minimum absolute atomic E-state index is 0.191. The van der Waals surface area contributed by atoms with Crippen LogP contribution in [0.15, 0.2) is 59.1 Å². The zero-order valence-electron chi connectivity index (χ0n) is 11.0. The highest BCUT2D eigenvalue weighted by Gasteiger charge is 2.17. The molecule has 0 aliphatic carbocycles. The first-order valence-electron chi connectivity index (χ1n) is 6.62. The van der Waals surface area contributed by atoms with Crippen molar-refractivity contribution in [1.82, 2.24) is 0 Å². The van der Waals surface area contributed by atoms with Gasteiger partial charge in [-0.1, -0.05) is 48.5 Å². The monoisotopic (exact) mass is 338 g/mol. The zero-order chi connectivity index (χ0) is 14.6. The van der Waals surface area contributed by atoms with Crippen molar-refractivity contribution >= 4 is 48.2 Å². The minimum atomic E-state index is 0.191.